The number of nitrogens with one attached hydrogen (secondary N) is 1. The van der Waals surface area contributed by atoms with Crippen molar-refractivity contribution in [1.82, 2.24) is 20.5 Å². The molecule has 2 aromatic heterocycles. The number of alkyl halides is 2. The van der Waals surface area contributed by atoms with Crippen LogP contribution in [0, 0.1) is 5.41 Å². The molecule has 6 N–H and O–H groups in total. The molecule has 37 heavy (non-hydrogen) atoms. The van der Waals surface area contributed by atoms with E-state index in [2.05, 4.69) is 36.3 Å². The molecule has 0 spiro atoms. The molecule has 1 saturated carbocycles. The summed E-state index contributed by atoms with van der Waals surface area (Å²) in [6, 6.07) is 1.42. The average molecular weight is 520 g/mol. The molecule has 1 fully saturated rings. The molecule has 2 aliphatic rings. The second-order valence-electron chi connectivity index (χ2n) is 11.3. The van der Waals surface area contributed by atoms with E-state index in [0.29, 0.717) is 34.8 Å². The molecule has 2 aromatic rings. The summed E-state index contributed by atoms with van der Waals surface area (Å²) in [5, 5.41) is 24.3. The van der Waals surface area contributed by atoms with E-state index in [-0.39, 0.29) is 35.8 Å². The molecule has 2 aliphatic carbocycles. The van der Waals surface area contributed by atoms with Crippen LogP contribution in [0.25, 0.3) is 23.2 Å². The van der Waals surface area contributed by atoms with E-state index in [0.717, 1.165) is 31.3 Å². The van der Waals surface area contributed by atoms with Crippen molar-refractivity contribution in [3.63, 3.8) is 0 Å². The van der Waals surface area contributed by atoms with Crippen LogP contribution in [0.15, 0.2) is 10.5 Å². The second-order valence-corrected chi connectivity index (χ2v) is 11.3. The van der Waals surface area contributed by atoms with Gasteiger partial charge in [-0.25, -0.2) is 19.6 Å². The summed E-state index contributed by atoms with van der Waals surface area (Å²) in [4.78, 5) is 4.84. The number of hydrogen-bond acceptors (Lipinski definition) is 9. The second kappa shape index (κ2) is 10.6. The highest BCUT2D eigenvalue weighted by molar-refractivity contribution is 5.65. The van der Waals surface area contributed by atoms with Crippen LogP contribution in [0.1, 0.15) is 72.6 Å². The number of aliphatic hydroxyl groups is 1. The number of nitrogens with zero attached hydrogens (tertiary/aromatic N) is 4. The van der Waals surface area contributed by atoms with E-state index in [9.17, 15) is 13.9 Å². The first-order valence-corrected chi connectivity index (χ1v) is 13.1. The number of hydrogen-bond donors (Lipinski definition) is 4. The lowest BCUT2D eigenvalue weighted by molar-refractivity contribution is -0.00259. The van der Waals surface area contributed by atoms with Crippen molar-refractivity contribution < 1.29 is 18.3 Å². The Morgan fingerprint density at radius 2 is 1.95 bits per heavy atom. The Labute approximate surface area is 216 Å². The number of pyridine rings is 1. The van der Waals surface area contributed by atoms with Gasteiger partial charge in [-0.15, -0.1) is 5.10 Å². The van der Waals surface area contributed by atoms with Gasteiger partial charge in [0.15, 0.2) is 0 Å². The molecule has 2 heterocycles. The minimum Gasteiger partial charge on any atom is -0.401 e. The summed E-state index contributed by atoms with van der Waals surface area (Å²) in [6.07, 6.45) is 5.83. The number of nitrogens with two attached hydrogens (primary N) is 2. The van der Waals surface area contributed by atoms with Gasteiger partial charge in [-0.2, -0.15) is 0 Å². The Morgan fingerprint density at radius 1 is 1.22 bits per heavy atom. The zero-order chi connectivity index (χ0) is 27.0. The fourth-order valence-corrected chi connectivity index (χ4v) is 5.01. The summed E-state index contributed by atoms with van der Waals surface area (Å²) in [5.74, 6) is 3.72. The Balaban J connectivity index is 1.67. The number of hydrazine groups is 1. The van der Waals surface area contributed by atoms with Gasteiger partial charge in [0.1, 0.15) is 5.69 Å². The van der Waals surface area contributed by atoms with Gasteiger partial charge in [-0.05, 0) is 42.7 Å². The van der Waals surface area contributed by atoms with E-state index in [1.165, 1.54) is 11.9 Å². The highest BCUT2D eigenvalue weighted by Gasteiger charge is 2.31. The first-order valence-electron chi connectivity index (χ1n) is 13.1. The third-order valence-corrected chi connectivity index (χ3v) is 7.33. The van der Waals surface area contributed by atoms with Gasteiger partial charge in [-0.1, -0.05) is 51.7 Å². The molecule has 0 radical (unpaired) electrons. The summed E-state index contributed by atoms with van der Waals surface area (Å²) >= 11 is 0. The van der Waals surface area contributed by atoms with Gasteiger partial charge in [0, 0.05) is 23.4 Å². The Morgan fingerprint density at radius 3 is 2.65 bits per heavy atom. The van der Waals surface area contributed by atoms with Crippen LogP contribution in [-0.4, -0.2) is 50.9 Å². The van der Waals surface area contributed by atoms with Gasteiger partial charge >= 0.3 is 6.01 Å². The number of fused-ring (bicyclic) bond motifs is 1. The minimum atomic E-state index is -2.77. The lowest BCUT2D eigenvalue weighted by Crippen LogP contribution is -2.47. The molecular formula is C26H39F2N7O2. The van der Waals surface area contributed by atoms with Gasteiger partial charge in [0.2, 0.25) is 0 Å². The van der Waals surface area contributed by atoms with Crippen LogP contribution >= 0.6 is 0 Å². The van der Waals surface area contributed by atoms with Crippen molar-refractivity contribution in [2.75, 3.05) is 17.3 Å². The van der Waals surface area contributed by atoms with Crippen molar-refractivity contribution >= 4 is 23.4 Å². The maximum Gasteiger partial charge on any atom is 0.333 e. The number of halogens is 2. The number of rotatable bonds is 7. The predicted molar refractivity (Wildman–Crippen MR) is 140 cm³/mol. The summed E-state index contributed by atoms with van der Waals surface area (Å²) < 4.78 is 33.7. The molecule has 0 aliphatic heterocycles. The zero-order valence-electron chi connectivity index (χ0n) is 22.1. The van der Waals surface area contributed by atoms with Crippen LogP contribution < -0.4 is 32.5 Å². The number of anilines is 2. The first-order chi connectivity index (χ1) is 17.4. The Hall–Kier alpha value is -2.63. The molecular weight excluding hydrogens is 480 g/mol. The molecule has 3 atom stereocenters. The van der Waals surface area contributed by atoms with Crippen LogP contribution in [0.5, 0.6) is 0 Å². The summed E-state index contributed by atoms with van der Waals surface area (Å²) in [6.45, 7) is 7.28. The zero-order valence-corrected chi connectivity index (χ0v) is 22.1. The molecule has 11 heteroatoms. The maximum absolute atomic E-state index is 13.9. The molecule has 204 valence electrons. The van der Waals surface area contributed by atoms with E-state index in [1.54, 1.807) is 6.07 Å². The van der Waals surface area contributed by atoms with Gasteiger partial charge in [0.25, 0.3) is 11.8 Å². The van der Waals surface area contributed by atoms with Crippen LogP contribution in [0.2, 0.25) is 0 Å². The summed E-state index contributed by atoms with van der Waals surface area (Å²) in [5.41, 5.74) is 8.06. The minimum absolute atomic E-state index is 0.104. The Bertz CT molecular complexity index is 1220. The van der Waals surface area contributed by atoms with Crippen LogP contribution in [0.3, 0.4) is 0 Å². The molecule has 0 amide bonds. The third kappa shape index (κ3) is 6.27. The highest BCUT2D eigenvalue weighted by Crippen LogP contribution is 2.31. The number of nitrogen functional groups attached to an aromatic ring is 1. The number of aliphatic hydroxyl groups excluding tert-OH is 1. The molecule has 4 rings (SSSR count). The van der Waals surface area contributed by atoms with Crippen LogP contribution in [0.4, 0.5) is 20.5 Å². The largest absolute Gasteiger partial charge is 0.401 e. The van der Waals surface area contributed by atoms with E-state index in [1.807, 2.05) is 6.08 Å². The fraction of sp³-hybridized carbons (Fsp3) is 0.654. The highest BCUT2D eigenvalue weighted by atomic mass is 19.3. The maximum atomic E-state index is 13.9. The molecule has 0 bridgehead atoms. The number of aromatic nitrogens is 3. The summed E-state index contributed by atoms with van der Waals surface area (Å²) in [7, 11) is 0. The molecule has 0 aromatic carbocycles. The lowest BCUT2D eigenvalue weighted by atomic mass is 9.80. The standard InChI is InChI=1S/C26H39F2N7O2/c1-5-26(27,28)14-31-15-10-18-20(29)13-21(32-22(18)19(11-15)25(2,3)4)23-33-34-24(37-23)35(30)16-8-6-7-9-17(36)12-16/h10,13,15-17,31,36H,5-9,11-12,14,29-30H2,1-4H3. The van der Waals surface area contributed by atoms with Crippen molar-refractivity contribution in [2.24, 2.45) is 11.3 Å². The average Bonchev–Trinajstić information content (AvgIpc) is 3.23. The van der Waals surface area contributed by atoms with E-state index in [4.69, 9.17) is 21.0 Å². The normalized spacial score (nSPS) is 22.8. The van der Waals surface area contributed by atoms with Crippen molar-refractivity contribution in [3.05, 3.63) is 16.6 Å². The topological polar surface area (TPSA) is 139 Å². The smallest absolute Gasteiger partial charge is 0.333 e. The van der Waals surface area contributed by atoms with E-state index < -0.39 is 18.6 Å². The van der Waals surface area contributed by atoms with Crippen molar-refractivity contribution in [3.8, 4) is 11.6 Å². The van der Waals surface area contributed by atoms with Crippen molar-refractivity contribution in [1.29, 1.82) is 0 Å². The Kier molecular flexibility index (Phi) is 7.87. The van der Waals surface area contributed by atoms with Crippen molar-refractivity contribution in [2.45, 2.75) is 96.8 Å². The molecule has 0 saturated heterocycles. The van der Waals surface area contributed by atoms with Crippen LogP contribution in [-0.2, 0) is 0 Å². The lowest BCUT2D eigenvalue weighted by Gasteiger charge is -2.30. The SMILES string of the molecule is CCC(F)(F)CNC1C=c2c(N)cc(-c3nnc(N(N)C4CCCCC(O)C4)o3)nc2=C(C(C)(C)C)C1. The monoisotopic (exact) mass is 519 g/mol. The van der Waals surface area contributed by atoms with Gasteiger partial charge in [-0.3, -0.25) is 5.01 Å². The predicted octanol–water partition coefficient (Wildman–Crippen LogP) is 2.47. The third-order valence-electron chi connectivity index (χ3n) is 7.33. The van der Waals surface area contributed by atoms with Gasteiger partial charge < -0.3 is 20.6 Å². The molecule has 9 nitrogen and oxygen atoms in total. The quantitative estimate of drug-likeness (QED) is 0.247. The first kappa shape index (κ1) is 27.4. The molecule has 3 unspecified atom stereocenters. The van der Waals surface area contributed by atoms with E-state index >= 15 is 0 Å². The van der Waals surface area contributed by atoms with Gasteiger partial charge in [0.05, 0.1) is 24.0 Å². The fourth-order valence-electron chi connectivity index (χ4n) is 5.01.